The van der Waals surface area contributed by atoms with Gasteiger partial charge in [0.1, 0.15) is 19.3 Å². The first kappa shape index (κ1) is 99.7. The number of phosphoric ester groups is 2. The van der Waals surface area contributed by atoms with Crippen molar-refractivity contribution in [3.63, 3.8) is 0 Å². The summed E-state index contributed by atoms with van der Waals surface area (Å²) in [7, 11) is -9.99. The number of allylic oxidation sites excluding steroid dienone is 18. The van der Waals surface area contributed by atoms with Crippen molar-refractivity contribution in [2.45, 2.75) is 367 Å². The molecule has 0 aromatic rings. The van der Waals surface area contributed by atoms with Crippen LogP contribution in [0.3, 0.4) is 0 Å². The van der Waals surface area contributed by atoms with Crippen molar-refractivity contribution >= 4 is 39.5 Å². The molecule has 0 aliphatic carbocycles. The molecule has 19 heteroatoms. The van der Waals surface area contributed by atoms with E-state index in [0.29, 0.717) is 38.5 Å². The second-order valence-electron chi connectivity index (χ2n) is 27.4. The van der Waals surface area contributed by atoms with E-state index in [4.69, 9.17) is 37.0 Å². The Balaban J connectivity index is 5.45. The first-order valence-electron chi connectivity index (χ1n) is 41.1. The second kappa shape index (κ2) is 76.9. The molecule has 0 fully saturated rings. The van der Waals surface area contributed by atoms with Gasteiger partial charge in [-0.25, -0.2) is 9.13 Å². The Kier molecular flexibility index (Phi) is 73.7. The van der Waals surface area contributed by atoms with Gasteiger partial charge in [0.25, 0.3) is 0 Å². The fourth-order valence-corrected chi connectivity index (χ4v) is 12.5. The zero-order valence-corrected chi connectivity index (χ0v) is 67.5. The number of carbonyl (C=O) groups is 4. The number of unbranched alkanes of at least 4 members (excludes halogenated alkanes) is 33. The average molecular weight is 1500 g/mol. The normalized spacial score (nSPS) is 14.4. The molecule has 104 heavy (non-hydrogen) atoms. The molecule has 0 aliphatic rings. The third-order valence-corrected chi connectivity index (χ3v) is 19.1. The first-order valence-corrected chi connectivity index (χ1v) is 44.1. The van der Waals surface area contributed by atoms with E-state index in [1.807, 2.05) is 24.3 Å². The summed E-state index contributed by atoms with van der Waals surface area (Å²) in [5, 5.41) is 10.6. The van der Waals surface area contributed by atoms with Gasteiger partial charge in [-0.1, -0.05) is 304 Å². The number of phosphoric acid groups is 2. The number of hydrogen-bond acceptors (Lipinski definition) is 15. The van der Waals surface area contributed by atoms with Crippen LogP contribution in [0.5, 0.6) is 0 Å². The molecule has 0 rings (SSSR count). The van der Waals surface area contributed by atoms with Crippen LogP contribution in [-0.4, -0.2) is 96.7 Å². The summed E-state index contributed by atoms with van der Waals surface area (Å²) >= 11 is 0. The van der Waals surface area contributed by atoms with Crippen LogP contribution in [0.25, 0.3) is 0 Å². The van der Waals surface area contributed by atoms with Crippen molar-refractivity contribution in [2.75, 3.05) is 39.6 Å². The van der Waals surface area contributed by atoms with Gasteiger partial charge in [0.05, 0.1) is 26.4 Å². The van der Waals surface area contributed by atoms with Gasteiger partial charge in [0.15, 0.2) is 12.2 Å². The quantitative estimate of drug-likeness (QED) is 0.0169. The highest BCUT2D eigenvalue weighted by Gasteiger charge is 2.30. The Bertz CT molecular complexity index is 2390. The molecule has 0 saturated heterocycles. The van der Waals surface area contributed by atoms with Gasteiger partial charge in [-0.2, -0.15) is 0 Å². The number of aliphatic hydroxyl groups excluding tert-OH is 1. The minimum atomic E-state index is -5.00. The van der Waals surface area contributed by atoms with Gasteiger partial charge >= 0.3 is 39.5 Å². The van der Waals surface area contributed by atoms with Crippen LogP contribution >= 0.6 is 15.6 Å². The Morgan fingerprint density at radius 3 is 0.798 bits per heavy atom. The Morgan fingerprint density at radius 2 is 0.481 bits per heavy atom. The third kappa shape index (κ3) is 75.9. The molecule has 2 unspecified atom stereocenters. The van der Waals surface area contributed by atoms with Gasteiger partial charge in [-0.3, -0.25) is 37.3 Å². The van der Waals surface area contributed by atoms with Gasteiger partial charge in [0.2, 0.25) is 0 Å². The Morgan fingerprint density at radius 1 is 0.269 bits per heavy atom. The smallest absolute Gasteiger partial charge is 0.462 e. The number of ether oxygens (including phenoxy) is 4. The van der Waals surface area contributed by atoms with Crippen molar-refractivity contribution in [2.24, 2.45) is 0 Å². The highest BCUT2D eigenvalue weighted by Crippen LogP contribution is 2.45. The van der Waals surface area contributed by atoms with Crippen molar-refractivity contribution in [3.8, 4) is 0 Å². The number of esters is 4. The second-order valence-corrected chi connectivity index (χ2v) is 30.3. The van der Waals surface area contributed by atoms with Crippen LogP contribution in [-0.2, 0) is 65.4 Å². The van der Waals surface area contributed by atoms with Crippen molar-refractivity contribution in [1.82, 2.24) is 0 Å². The van der Waals surface area contributed by atoms with Crippen LogP contribution < -0.4 is 0 Å². The van der Waals surface area contributed by atoms with Crippen LogP contribution in [0.1, 0.15) is 349 Å². The lowest BCUT2D eigenvalue weighted by molar-refractivity contribution is -0.161. The number of rotatable bonds is 77. The molecule has 0 saturated carbocycles. The van der Waals surface area contributed by atoms with Crippen molar-refractivity contribution in [1.29, 1.82) is 0 Å². The van der Waals surface area contributed by atoms with Gasteiger partial charge in [-0.15, -0.1) is 0 Å². The van der Waals surface area contributed by atoms with Crippen molar-refractivity contribution < 1.29 is 80.2 Å². The molecule has 600 valence electrons. The lowest BCUT2D eigenvalue weighted by Crippen LogP contribution is -2.30. The first-order chi connectivity index (χ1) is 50.7. The summed E-state index contributed by atoms with van der Waals surface area (Å²) in [5.41, 5.74) is 0. The van der Waals surface area contributed by atoms with E-state index in [2.05, 4.69) is 113 Å². The van der Waals surface area contributed by atoms with Crippen molar-refractivity contribution in [3.05, 3.63) is 109 Å². The molecule has 0 aromatic carbocycles. The zero-order chi connectivity index (χ0) is 76.0. The third-order valence-electron chi connectivity index (χ3n) is 17.2. The predicted octanol–water partition coefficient (Wildman–Crippen LogP) is 24.1. The van der Waals surface area contributed by atoms with Crippen LogP contribution in [0.2, 0.25) is 0 Å². The molecule has 5 atom stereocenters. The van der Waals surface area contributed by atoms with E-state index in [9.17, 15) is 43.2 Å². The molecule has 0 aromatic heterocycles. The summed E-state index contributed by atoms with van der Waals surface area (Å²) in [6.07, 6.45) is 83.6. The lowest BCUT2D eigenvalue weighted by atomic mass is 10.0. The van der Waals surface area contributed by atoms with E-state index in [0.717, 1.165) is 116 Å². The summed E-state index contributed by atoms with van der Waals surface area (Å²) < 4.78 is 68.6. The molecule has 0 bridgehead atoms. The van der Waals surface area contributed by atoms with E-state index in [1.54, 1.807) is 0 Å². The van der Waals surface area contributed by atoms with Crippen LogP contribution in [0.4, 0.5) is 0 Å². The van der Waals surface area contributed by atoms with E-state index in [1.165, 1.54) is 141 Å². The Labute approximate surface area is 632 Å². The van der Waals surface area contributed by atoms with Gasteiger partial charge in [-0.05, 0) is 128 Å². The standard InChI is InChI=1S/C85H148O17P2/c1-5-9-13-17-21-25-29-33-37-39-43-46-50-54-58-62-66-70-83(88)96-76-80(101-84(89)71-67-63-59-55-51-47-42-36-32-28-24-20-16-12-8-4)77-99-103(91,92)97-73-79(86)74-98-104(93,94)100-78-81(75-95-82(87)69-65-61-57-53-49-45-41-35-31-27-23-19-15-11-7-3)102-85(90)72-68-64-60-56-52-48-44-40-38-34-30-26-22-18-14-10-6-2/h21-22,25-26,33-35,37-38,41,43-44,46,48,54,56,58,60,79-81,86H,5-20,23-24,27-32,36,39-40,42,45,47,49-53,55,57,59,61-78H2,1-4H3,(H,91,92)(H,93,94)/b25-21-,26-22-,37-33-,38-34-,41-35-,46-43-,48-44-,58-54-,60-56-/t79-,80-,81-/m1/s1. The molecule has 0 aliphatic heterocycles. The van der Waals surface area contributed by atoms with E-state index >= 15 is 0 Å². The summed E-state index contributed by atoms with van der Waals surface area (Å²) in [5.74, 6) is -2.30. The predicted molar refractivity (Wildman–Crippen MR) is 427 cm³/mol. The summed E-state index contributed by atoms with van der Waals surface area (Å²) in [6, 6.07) is 0. The highest BCUT2D eigenvalue weighted by atomic mass is 31.2. The lowest BCUT2D eigenvalue weighted by Gasteiger charge is -2.21. The van der Waals surface area contributed by atoms with Gasteiger partial charge < -0.3 is 33.8 Å². The van der Waals surface area contributed by atoms with Gasteiger partial charge in [0, 0.05) is 25.7 Å². The van der Waals surface area contributed by atoms with E-state index in [-0.39, 0.29) is 25.7 Å². The maximum Gasteiger partial charge on any atom is 0.472 e. The highest BCUT2D eigenvalue weighted by molar-refractivity contribution is 7.47. The fourth-order valence-electron chi connectivity index (χ4n) is 10.9. The van der Waals surface area contributed by atoms with Crippen LogP contribution in [0, 0.1) is 0 Å². The fraction of sp³-hybridized carbons (Fsp3) is 0.741. The number of aliphatic hydroxyl groups is 1. The topological polar surface area (TPSA) is 237 Å². The molecule has 17 nitrogen and oxygen atoms in total. The monoisotopic (exact) mass is 1500 g/mol. The minimum absolute atomic E-state index is 0.0163. The molecule has 0 radical (unpaired) electrons. The molecule has 0 heterocycles. The summed E-state index contributed by atoms with van der Waals surface area (Å²) in [6.45, 7) is 4.73. The zero-order valence-electron chi connectivity index (χ0n) is 65.7. The largest absolute Gasteiger partial charge is 0.472 e. The van der Waals surface area contributed by atoms with E-state index < -0.39 is 97.5 Å². The maximum atomic E-state index is 13.1. The average Bonchev–Trinajstić information content (AvgIpc) is 0.909. The molecule has 3 N–H and O–H groups in total. The molecular weight excluding hydrogens is 1350 g/mol. The number of carbonyl (C=O) groups excluding carboxylic acids is 4. The summed E-state index contributed by atoms with van der Waals surface area (Å²) in [4.78, 5) is 73.0. The number of hydrogen-bond donors (Lipinski definition) is 3. The SMILES string of the molecule is CCCCC/C=C\C/C=C\C/C=C\C/C=C\CCCC(=O)OC[C@H](COP(=O)(O)OC[C@@H](O)COP(=O)(O)OC[C@@H](COC(=O)CCCCCCC/C=C\CCCCCCCC)OC(=O)CCC/C=C\C/C=C\C/C=C\C/C=C\CCCCC)OC(=O)CCCCCCCCCCCCCCCCC. The minimum Gasteiger partial charge on any atom is -0.462 e. The Hall–Kier alpha value is -4.28. The molecule has 0 amide bonds. The maximum absolute atomic E-state index is 13.1. The molecular formula is C85H148O17P2. The molecule has 0 spiro atoms. The van der Waals surface area contributed by atoms with Crippen LogP contribution in [0.15, 0.2) is 109 Å².